The molecule has 1 heterocycles. The molecule has 0 amide bonds. The maximum Gasteiger partial charge on any atom is 0.398 e. The van der Waals surface area contributed by atoms with Gasteiger partial charge in [0.2, 0.25) is 0 Å². The maximum atomic E-state index is 14.5. The number of anilines is 1. The van der Waals surface area contributed by atoms with Gasteiger partial charge in [-0.25, -0.2) is 4.39 Å². The molecule has 2 nitrogen and oxygen atoms in total. The van der Waals surface area contributed by atoms with E-state index in [0.717, 1.165) is 25.2 Å². The van der Waals surface area contributed by atoms with Crippen LogP contribution in [0.2, 0.25) is 5.02 Å². The van der Waals surface area contributed by atoms with Crippen LogP contribution in [0.4, 0.5) is 23.2 Å². The van der Waals surface area contributed by atoms with Crippen LogP contribution in [0, 0.1) is 12.7 Å². The number of aryl methyl sites for hydroxylation is 1. The first-order valence-electron chi connectivity index (χ1n) is 9.60. The summed E-state index contributed by atoms with van der Waals surface area (Å²) in [6, 6.07) is 10.5. The van der Waals surface area contributed by atoms with Crippen LogP contribution in [0.1, 0.15) is 11.1 Å². The zero-order valence-electron chi connectivity index (χ0n) is 16.6. The first kappa shape index (κ1) is 23.0. The Morgan fingerprint density at radius 1 is 1.07 bits per heavy atom. The van der Waals surface area contributed by atoms with E-state index >= 15 is 0 Å². The molecule has 30 heavy (non-hydrogen) atoms. The second-order valence-electron chi connectivity index (χ2n) is 7.21. The molecule has 0 N–H and O–H groups in total. The number of hydrogen-bond donors (Lipinski definition) is 0. The number of halogens is 5. The summed E-state index contributed by atoms with van der Waals surface area (Å²) in [6.45, 7) is 5.17. The summed E-state index contributed by atoms with van der Waals surface area (Å²) in [7, 11) is 0. The van der Waals surface area contributed by atoms with Crippen molar-refractivity contribution in [2.75, 3.05) is 43.4 Å². The molecule has 1 aliphatic heterocycles. The highest BCUT2D eigenvalue weighted by Crippen LogP contribution is 2.34. The van der Waals surface area contributed by atoms with Crippen molar-refractivity contribution in [2.24, 2.45) is 0 Å². The zero-order valence-corrected chi connectivity index (χ0v) is 18.1. The highest BCUT2D eigenvalue weighted by Gasteiger charge is 2.28. The summed E-state index contributed by atoms with van der Waals surface area (Å²) in [5, 5.41) is 0.701. The fourth-order valence-electron chi connectivity index (χ4n) is 3.28. The lowest BCUT2D eigenvalue weighted by molar-refractivity contribution is -0.105. The van der Waals surface area contributed by atoms with Crippen LogP contribution in [-0.2, 0) is 0 Å². The molecular formula is C22H23ClF4N2S. The van der Waals surface area contributed by atoms with Gasteiger partial charge in [-0.1, -0.05) is 35.9 Å². The van der Waals surface area contributed by atoms with E-state index in [1.807, 2.05) is 35.2 Å². The smallest absolute Gasteiger partial charge is 0.367 e. The third-order valence-corrected chi connectivity index (χ3v) is 6.37. The lowest BCUT2D eigenvalue weighted by Crippen LogP contribution is -2.46. The van der Waals surface area contributed by atoms with Crippen LogP contribution < -0.4 is 4.90 Å². The van der Waals surface area contributed by atoms with Gasteiger partial charge in [-0.3, -0.25) is 4.90 Å². The molecule has 0 unspecified atom stereocenters. The fraction of sp³-hybridized carbons (Fsp3) is 0.364. The van der Waals surface area contributed by atoms with Crippen LogP contribution in [0.15, 0.2) is 47.4 Å². The van der Waals surface area contributed by atoms with Crippen LogP contribution in [0.5, 0.6) is 0 Å². The molecule has 0 spiro atoms. The summed E-state index contributed by atoms with van der Waals surface area (Å²) in [5.74, 6) is -1.37. The summed E-state index contributed by atoms with van der Waals surface area (Å²) in [5.41, 5.74) is 1.97. The van der Waals surface area contributed by atoms with Crippen LogP contribution in [-0.4, -0.2) is 49.6 Å². The molecule has 1 aliphatic rings. The van der Waals surface area contributed by atoms with E-state index in [1.54, 1.807) is 13.0 Å². The van der Waals surface area contributed by atoms with Gasteiger partial charge < -0.3 is 4.90 Å². The highest BCUT2D eigenvalue weighted by atomic mass is 35.5. The van der Waals surface area contributed by atoms with E-state index in [1.165, 1.54) is 6.07 Å². The minimum atomic E-state index is -4.25. The van der Waals surface area contributed by atoms with E-state index in [-0.39, 0.29) is 5.82 Å². The monoisotopic (exact) mass is 458 g/mol. The number of alkyl halides is 3. The van der Waals surface area contributed by atoms with E-state index in [9.17, 15) is 17.6 Å². The van der Waals surface area contributed by atoms with Gasteiger partial charge in [-0.05, 0) is 42.3 Å². The first-order valence-corrected chi connectivity index (χ1v) is 11.0. The topological polar surface area (TPSA) is 6.48 Å². The number of benzene rings is 2. The van der Waals surface area contributed by atoms with E-state index in [0.29, 0.717) is 46.0 Å². The van der Waals surface area contributed by atoms with Gasteiger partial charge in [0.15, 0.2) is 0 Å². The molecule has 0 saturated carbocycles. The van der Waals surface area contributed by atoms with E-state index < -0.39 is 11.9 Å². The average Bonchev–Trinajstić information content (AvgIpc) is 2.69. The van der Waals surface area contributed by atoms with Crippen molar-refractivity contribution in [1.82, 2.24) is 4.90 Å². The summed E-state index contributed by atoms with van der Waals surface area (Å²) in [6.07, 6.45) is -0.138. The third-order valence-electron chi connectivity index (χ3n) is 4.89. The van der Waals surface area contributed by atoms with E-state index in [4.69, 9.17) is 11.6 Å². The molecule has 1 fully saturated rings. The van der Waals surface area contributed by atoms with Gasteiger partial charge in [-0.2, -0.15) is 13.2 Å². The van der Waals surface area contributed by atoms with Gasteiger partial charge in [-0.15, -0.1) is 11.8 Å². The molecule has 2 aromatic carbocycles. The Labute approximate surface area is 183 Å². The molecule has 0 aliphatic carbocycles. The Morgan fingerprint density at radius 2 is 1.73 bits per heavy atom. The number of piperazine rings is 1. The number of rotatable bonds is 6. The summed E-state index contributed by atoms with van der Waals surface area (Å²) < 4.78 is 52.2. The fourth-order valence-corrected chi connectivity index (χ4v) is 4.21. The lowest BCUT2D eigenvalue weighted by Gasteiger charge is -2.36. The van der Waals surface area contributed by atoms with Crippen molar-refractivity contribution in [1.29, 1.82) is 0 Å². The Kier molecular flexibility index (Phi) is 7.71. The van der Waals surface area contributed by atoms with Crippen molar-refractivity contribution in [3.8, 4) is 0 Å². The van der Waals surface area contributed by atoms with Crippen molar-refractivity contribution in [2.45, 2.75) is 18.0 Å². The molecule has 2 aromatic rings. The Bertz CT molecular complexity index is 876. The van der Waals surface area contributed by atoms with Crippen LogP contribution in [0.25, 0.3) is 6.08 Å². The first-order chi connectivity index (χ1) is 14.2. The number of hydrogen-bond acceptors (Lipinski definition) is 3. The molecule has 0 bridgehead atoms. The SMILES string of the molecule is Cc1cc(F)c(N2CCN(CC=Cc3ccc(Cl)cc3)CC2)cc1SCC(F)(F)F. The lowest BCUT2D eigenvalue weighted by atomic mass is 10.1. The van der Waals surface area contributed by atoms with E-state index in [2.05, 4.69) is 11.0 Å². The number of nitrogens with zero attached hydrogens (tertiary/aromatic N) is 2. The van der Waals surface area contributed by atoms with Crippen LogP contribution in [0.3, 0.4) is 0 Å². The summed E-state index contributed by atoms with van der Waals surface area (Å²) in [4.78, 5) is 4.64. The van der Waals surface area contributed by atoms with Crippen molar-refractivity contribution >= 4 is 35.1 Å². The average molecular weight is 459 g/mol. The van der Waals surface area contributed by atoms with Gasteiger partial charge in [0.05, 0.1) is 11.4 Å². The molecule has 0 radical (unpaired) electrons. The maximum absolute atomic E-state index is 14.5. The third kappa shape index (κ3) is 6.65. The Balaban J connectivity index is 1.57. The van der Waals surface area contributed by atoms with Gasteiger partial charge in [0, 0.05) is 42.6 Å². The molecule has 1 saturated heterocycles. The van der Waals surface area contributed by atoms with Crippen molar-refractivity contribution in [3.63, 3.8) is 0 Å². The summed E-state index contributed by atoms with van der Waals surface area (Å²) >= 11 is 6.59. The molecule has 8 heteroatoms. The minimum Gasteiger partial charge on any atom is -0.367 e. The number of thioether (sulfide) groups is 1. The van der Waals surface area contributed by atoms with Crippen molar-refractivity contribution in [3.05, 3.63) is 64.4 Å². The molecule has 0 aromatic heterocycles. The molecule has 162 valence electrons. The Hall–Kier alpha value is -1.70. The minimum absolute atomic E-state index is 0.377. The molecule has 3 rings (SSSR count). The quantitative estimate of drug-likeness (QED) is 0.371. The second kappa shape index (κ2) is 10.1. The predicted molar refractivity (Wildman–Crippen MR) is 117 cm³/mol. The normalized spacial score (nSPS) is 15.9. The van der Waals surface area contributed by atoms with Crippen LogP contribution >= 0.6 is 23.4 Å². The Morgan fingerprint density at radius 3 is 2.37 bits per heavy atom. The largest absolute Gasteiger partial charge is 0.398 e. The predicted octanol–water partition coefficient (Wildman–Crippen LogP) is 6.28. The second-order valence-corrected chi connectivity index (χ2v) is 8.67. The van der Waals surface area contributed by atoms with Gasteiger partial charge >= 0.3 is 6.18 Å². The van der Waals surface area contributed by atoms with Gasteiger partial charge in [0.1, 0.15) is 5.82 Å². The van der Waals surface area contributed by atoms with Crippen molar-refractivity contribution < 1.29 is 17.6 Å². The highest BCUT2D eigenvalue weighted by molar-refractivity contribution is 7.99. The van der Waals surface area contributed by atoms with Gasteiger partial charge in [0.25, 0.3) is 0 Å². The molecule has 0 atom stereocenters. The standard InChI is InChI=1S/C22H23ClF4N2S/c1-16-13-19(24)20(14-21(16)30-15-22(25,26)27)29-11-9-28(10-12-29)8-2-3-17-4-6-18(23)7-5-17/h2-7,13-14H,8-12,15H2,1H3. The molecular weight excluding hydrogens is 436 g/mol. The zero-order chi connectivity index (χ0) is 21.7.